The van der Waals surface area contributed by atoms with E-state index in [1.54, 1.807) is 0 Å². The average molecular weight is 390 g/mol. The molecule has 0 saturated carbocycles. The predicted molar refractivity (Wildman–Crippen MR) is 115 cm³/mol. The van der Waals surface area contributed by atoms with Crippen LogP contribution in [0.3, 0.4) is 0 Å². The summed E-state index contributed by atoms with van der Waals surface area (Å²) in [6, 6.07) is 8.11. The number of hydrogen-bond acceptors (Lipinski definition) is 3. The minimum atomic E-state index is -0.257. The lowest BCUT2D eigenvalue weighted by Crippen LogP contribution is -3.14. The maximum absolute atomic E-state index is 12.4. The molecule has 0 spiro atoms. The molecule has 1 aromatic carbocycles. The van der Waals surface area contributed by atoms with Crippen LogP contribution in [0.25, 0.3) is 0 Å². The minimum Gasteiger partial charge on any atom is -0.372 e. The first-order valence-electron chi connectivity index (χ1n) is 10.6. The number of anilines is 2. The number of quaternary nitrogens is 1. The molecule has 1 atom stereocenters. The zero-order chi connectivity index (χ0) is 20.6. The first-order chi connectivity index (χ1) is 13.3. The molecule has 1 aromatic rings. The van der Waals surface area contributed by atoms with Gasteiger partial charge in [-0.3, -0.25) is 9.59 Å². The van der Waals surface area contributed by atoms with Gasteiger partial charge >= 0.3 is 0 Å². The Bertz CT molecular complexity index is 629. The van der Waals surface area contributed by atoms with E-state index < -0.39 is 0 Å². The highest BCUT2D eigenvalue weighted by atomic mass is 16.2. The van der Waals surface area contributed by atoms with E-state index in [0.29, 0.717) is 6.54 Å². The maximum Gasteiger partial charge on any atom is 0.279 e. The van der Waals surface area contributed by atoms with Crippen molar-refractivity contribution in [1.29, 1.82) is 0 Å². The third-order valence-electron chi connectivity index (χ3n) is 4.96. The van der Waals surface area contributed by atoms with Gasteiger partial charge in [0.25, 0.3) is 11.8 Å². The summed E-state index contributed by atoms with van der Waals surface area (Å²) in [4.78, 5) is 27.9. The normalized spacial score (nSPS) is 16.2. The molecule has 1 fully saturated rings. The van der Waals surface area contributed by atoms with Crippen LogP contribution in [0.5, 0.6) is 0 Å². The van der Waals surface area contributed by atoms with Gasteiger partial charge in [-0.15, -0.1) is 0 Å². The quantitative estimate of drug-likeness (QED) is 0.667. The van der Waals surface area contributed by atoms with Crippen LogP contribution in [-0.4, -0.2) is 50.1 Å². The highest BCUT2D eigenvalue weighted by Gasteiger charge is 2.20. The molecular weight excluding hydrogens is 352 g/mol. The molecule has 156 valence electrons. The van der Waals surface area contributed by atoms with E-state index in [1.807, 2.05) is 39.8 Å². The van der Waals surface area contributed by atoms with Crippen molar-refractivity contribution in [2.45, 2.75) is 58.9 Å². The molecule has 2 rings (SSSR count). The monoisotopic (exact) mass is 389 g/mol. The number of rotatable bonds is 7. The lowest BCUT2D eigenvalue weighted by atomic mass is 10.1. The standard InChI is InChI=1S/C22H36N4O2/c1-5-25(17-21(28)24-22(2,3)4)16-20(27)23-18-10-12-19(13-11-18)26-14-8-6-7-9-15-26/h10-13H,5-9,14-17H2,1-4H3,(H,23,27)(H,24,28)/p+1. The van der Waals surface area contributed by atoms with E-state index in [0.717, 1.165) is 30.2 Å². The molecule has 1 aliphatic rings. The van der Waals surface area contributed by atoms with Gasteiger partial charge < -0.3 is 20.4 Å². The Balaban J connectivity index is 1.84. The summed E-state index contributed by atoms with van der Waals surface area (Å²) >= 11 is 0. The van der Waals surface area contributed by atoms with Crippen LogP contribution in [0.1, 0.15) is 53.4 Å². The highest BCUT2D eigenvalue weighted by molar-refractivity contribution is 5.91. The molecule has 28 heavy (non-hydrogen) atoms. The zero-order valence-electron chi connectivity index (χ0n) is 17.9. The number of likely N-dealkylation sites (N-methyl/N-ethyl adjacent to an activating group) is 1. The molecule has 1 saturated heterocycles. The average Bonchev–Trinajstić information content (AvgIpc) is 2.89. The fourth-order valence-electron chi connectivity index (χ4n) is 3.52. The van der Waals surface area contributed by atoms with Crippen molar-refractivity contribution in [2.24, 2.45) is 0 Å². The van der Waals surface area contributed by atoms with Crippen LogP contribution >= 0.6 is 0 Å². The molecule has 1 unspecified atom stereocenters. The van der Waals surface area contributed by atoms with Crippen LogP contribution < -0.4 is 20.4 Å². The maximum atomic E-state index is 12.4. The summed E-state index contributed by atoms with van der Waals surface area (Å²) in [7, 11) is 0. The van der Waals surface area contributed by atoms with Crippen molar-refractivity contribution in [2.75, 3.05) is 42.9 Å². The molecule has 1 heterocycles. The largest absolute Gasteiger partial charge is 0.372 e. The van der Waals surface area contributed by atoms with Crippen molar-refractivity contribution in [3.8, 4) is 0 Å². The first-order valence-corrected chi connectivity index (χ1v) is 10.6. The lowest BCUT2D eigenvalue weighted by molar-refractivity contribution is -0.881. The van der Waals surface area contributed by atoms with Gasteiger partial charge in [-0.05, 0) is 64.8 Å². The van der Waals surface area contributed by atoms with Gasteiger partial charge in [0.2, 0.25) is 0 Å². The molecule has 6 nitrogen and oxygen atoms in total. The number of nitrogens with one attached hydrogen (secondary N) is 3. The Morgan fingerprint density at radius 3 is 2.07 bits per heavy atom. The van der Waals surface area contributed by atoms with Crippen molar-refractivity contribution in [1.82, 2.24) is 5.32 Å². The van der Waals surface area contributed by atoms with Crippen LogP contribution in [-0.2, 0) is 9.59 Å². The summed E-state index contributed by atoms with van der Waals surface area (Å²) in [6.45, 7) is 11.4. The molecular formula is C22H37N4O2+. The van der Waals surface area contributed by atoms with Crippen molar-refractivity contribution >= 4 is 23.2 Å². The van der Waals surface area contributed by atoms with Gasteiger partial charge in [0.05, 0.1) is 6.54 Å². The second-order valence-corrected chi connectivity index (χ2v) is 8.75. The Morgan fingerprint density at radius 2 is 1.54 bits per heavy atom. The van der Waals surface area contributed by atoms with Gasteiger partial charge in [-0.1, -0.05) is 12.8 Å². The number of benzene rings is 1. The minimum absolute atomic E-state index is 0.0287. The third-order valence-corrected chi connectivity index (χ3v) is 4.96. The van der Waals surface area contributed by atoms with Crippen LogP contribution in [0, 0.1) is 0 Å². The second kappa shape index (κ2) is 10.5. The first kappa shape index (κ1) is 22.2. The van der Waals surface area contributed by atoms with Gasteiger partial charge in [0, 0.05) is 30.0 Å². The van der Waals surface area contributed by atoms with Crippen LogP contribution in [0.2, 0.25) is 0 Å². The molecule has 1 aliphatic heterocycles. The molecule has 6 heteroatoms. The van der Waals surface area contributed by atoms with Crippen molar-refractivity contribution in [3.05, 3.63) is 24.3 Å². The van der Waals surface area contributed by atoms with E-state index in [9.17, 15) is 9.59 Å². The molecule has 0 bridgehead atoms. The Morgan fingerprint density at radius 1 is 0.964 bits per heavy atom. The summed E-state index contributed by atoms with van der Waals surface area (Å²) in [5.41, 5.74) is 1.77. The molecule has 0 aromatic heterocycles. The van der Waals surface area contributed by atoms with Gasteiger partial charge in [-0.2, -0.15) is 0 Å². The third kappa shape index (κ3) is 7.89. The van der Waals surface area contributed by atoms with E-state index >= 15 is 0 Å². The molecule has 3 N–H and O–H groups in total. The van der Waals surface area contributed by atoms with Gasteiger partial charge in [-0.25, -0.2) is 0 Å². The predicted octanol–water partition coefficient (Wildman–Crippen LogP) is 1.83. The Labute approximate surface area is 169 Å². The molecule has 0 aliphatic carbocycles. The fourth-order valence-corrected chi connectivity index (χ4v) is 3.52. The lowest BCUT2D eigenvalue weighted by Gasteiger charge is -2.23. The summed E-state index contributed by atoms with van der Waals surface area (Å²) < 4.78 is 0. The number of amides is 2. The van der Waals surface area contributed by atoms with Crippen molar-refractivity contribution in [3.63, 3.8) is 0 Å². The Kier molecular flexibility index (Phi) is 8.30. The SMILES string of the molecule is CC[NH+](CC(=O)Nc1ccc(N2CCCCCC2)cc1)CC(=O)NC(C)(C)C. The second-order valence-electron chi connectivity index (χ2n) is 8.75. The van der Waals surface area contributed by atoms with Gasteiger partial charge in [0.1, 0.15) is 0 Å². The highest BCUT2D eigenvalue weighted by Crippen LogP contribution is 2.21. The molecule has 0 radical (unpaired) electrons. The van der Waals surface area contributed by atoms with E-state index in [-0.39, 0.29) is 23.9 Å². The zero-order valence-corrected chi connectivity index (χ0v) is 17.9. The molecule has 2 amide bonds. The van der Waals surface area contributed by atoms with E-state index in [2.05, 4.69) is 27.7 Å². The number of carbonyl (C=O) groups is 2. The number of nitrogens with zero attached hydrogens (tertiary/aromatic N) is 1. The Hall–Kier alpha value is -2.08. The summed E-state index contributed by atoms with van der Waals surface area (Å²) in [5, 5.41) is 5.91. The summed E-state index contributed by atoms with van der Waals surface area (Å²) in [6.07, 6.45) is 5.12. The van der Waals surface area contributed by atoms with Crippen LogP contribution in [0.4, 0.5) is 11.4 Å². The number of carbonyl (C=O) groups excluding carboxylic acids is 2. The summed E-state index contributed by atoms with van der Waals surface area (Å²) in [5.74, 6) is -0.0955. The smallest absolute Gasteiger partial charge is 0.279 e. The fraction of sp³-hybridized carbons (Fsp3) is 0.636. The van der Waals surface area contributed by atoms with E-state index in [4.69, 9.17) is 0 Å². The van der Waals surface area contributed by atoms with Crippen LogP contribution in [0.15, 0.2) is 24.3 Å². The van der Waals surface area contributed by atoms with Crippen molar-refractivity contribution < 1.29 is 14.5 Å². The topological polar surface area (TPSA) is 65.9 Å². The van der Waals surface area contributed by atoms with Gasteiger partial charge in [0.15, 0.2) is 13.1 Å². The van der Waals surface area contributed by atoms with E-state index in [1.165, 1.54) is 31.4 Å². The number of hydrogen-bond donors (Lipinski definition) is 3.